The summed E-state index contributed by atoms with van der Waals surface area (Å²) >= 11 is 2.99. The molecule has 8 heteroatoms. The number of piperazine rings is 1. The van der Waals surface area contributed by atoms with Gasteiger partial charge in [0.25, 0.3) is 0 Å². The molecule has 1 fully saturated rings. The zero-order chi connectivity index (χ0) is 19.4. The molecule has 0 aliphatic carbocycles. The largest absolute Gasteiger partial charge is 0.332 e. The predicted molar refractivity (Wildman–Crippen MR) is 112 cm³/mol. The van der Waals surface area contributed by atoms with Crippen LogP contribution in [0.1, 0.15) is 25.0 Å². The van der Waals surface area contributed by atoms with Gasteiger partial charge in [-0.05, 0) is 44.9 Å². The summed E-state index contributed by atoms with van der Waals surface area (Å²) < 4.78 is 0.821. The molecule has 0 radical (unpaired) electrons. The fourth-order valence-corrected chi connectivity index (χ4v) is 5.16. The fraction of sp³-hybridized carbons (Fsp3) is 0.526. The van der Waals surface area contributed by atoms with Crippen molar-refractivity contribution in [3.8, 4) is 0 Å². The molecule has 1 aromatic carbocycles. The van der Waals surface area contributed by atoms with E-state index in [4.69, 9.17) is 0 Å². The van der Waals surface area contributed by atoms with Gasteiger partial charge in [-0.25, -0.2) is 0 Å². The Morgan fingerprint density at radius 2 is 2.07 bits per heavy atom. The van der Waals surface area contributed by atoms with Gasteiger partial charge in [0, 0.05) is 5.69 Å². The monoisotopic (exact) mass is 406 g/mol. The molecule has 1 saturated heterocycles. The molecule has 27 heavy (non-hydrogen) atoms. The van der Waals surface area contributed by atoms with Crippen molar-refractivity contribution in [3.63, 3.8) is 0 Å². The molecule has 2 N–H and O–H groups in total. The minimum Gasteiger partial charge on any atom is -0.332 e. The number of likely N-dealkylation sites (N-methyl/N-ethyl adjacent to an activating group) is 1. The minimum atomic E-state index is -0.144. The topological polar surface area (TPSA) is 62.6 Å². The number of nitrogens with one attached hydrogen (secondary N) is 2. The highest BCUT2D eigenvalue weighted by Crippen LogP contribution is 2.32. The maximum absolute atomic E-state index is 12.7. The van der Waals surface area contributed by atoms with Gasteiger partial charge in [-0.1, -0.05) is 35.2 Å². The van der Waals surface area contributed by atoms with Crippen LogP contribution < -0.4 is 10.2 Å². The molecule has 1 aliphatic heterocycles. The summed E-state index contributed by atoms with van der Waals surface area (Å²) in [6, 6.07) is 6.17. The van der Waals surface area contributed by atoms with Crippen LogP contribution in [0, 0.1) is 13.8 Å². The van der Waals surface area contributed by atoms with Crippen molar-refractivity contribution >= 4 is 39.8 Å². The number of benzene rings is 1. The molecule has 1 amide bonds. The number of amides is 1. The Kier molecular flexibility index (Phi) is 6.73. The number of carbonyl (C=O) groups is 1. The van der Waals surface area contributed by atoms with E-state index in [9.17, 15) is 4.79 Å². The summed E-state index contributed by atoms with van der Waals surface area (Å²) in [6.07, 6.45) is 0. The summed E-state index contributed by atoms with van der Waals surface area (Å²) in [5.74, 6) is 0.203. The SMILES string of the molecule is CC[NH+]1CCN(C(=O)[C@H](C)Sc2nnc(Nc3cccc(C)c3C)s2)CC1. The van der Waals surface area contributed by atoms with Crippen LogP contribution in [-0.2, 0) is 4.79 Å². The summed E-state index contributed by atoms with van der Waals surface area (Å²) in [5.41, 5.74) is 3.49. The predicted octanol–water partition coefficient (Wildman–Crippen LogP) is 2.13. The van der Waals surface area contributed by atoms with E-state index in [1.807, 2.05) is 24.0 Å². The first kappa shape index (κ1) is 20.1. The number of rotatable bonds is 6. The Balaban J connectivity index is 1.57. The van der Waals surface area contributed by atoms with Crippen LogP contribution in [0.3, 0.4) is 0 Å². The third kappa shape index (κ3) is 5.00. The average Bonchev–Trinajstić information content (AvgIpc) is 3.11. The number of quaternary nitrogens is 1. The van der Waals surface area contributed by atoms with Crippen LogP contribution in [-0.4, -0.2) is 59.0 Å². The van der Waals surface area contributed by atoms with Gasteiger partial charge in [-0.15, -0.1) is 10.2 Å². The Morgan fingerprint density at radius 1 is 1.33 bits per heavy atom. The van der Waals surface area contributed by atoms with Gasteiger partial charge in [0.2, 0.25) is 11.0 Å². The molecule has 1 aliphatic rings. The quantitative estimate of drug-likeness (QED) is 0.720. The van der Waals surface area contributed by atoms with Crippen LogP contribution >= 0.6 is 23.1 Å². The number of carbonyl (C=O) groups excluding carboxylic acids is 1. The van der Waals surface area contributed by atoms with E-state index in [1.165, 1.54) is 34.2 Å². The smallest absolute Gasteiger partial charge is 0.236 e. The first-order chi connectivity index (χ1) is 13.0. The lowest BCUT2D eigenvalue weighted by Gasteiger charge is -2.32. The van der Waals surface area contributed by atoms with E-state index < -0.39 is 0 Å². The van der Waals surface area contributed by atoms with Gasteiger partial charge in [0.05, 0.1) is 38.0 Å². The Labute approximate surface area is 169 Å². The molecule has 0 saturated carbocycles. The third-order valence-corrected chi connectivity index (χ3v) is 7.17. The maximum Gasteiger partial charge on any atom is 0.236 e. The Morgan fingerprint density at radius 3 is 2.78 bits per heavy atom. The highest BCUT2D eigenvalue weighted by atomic mass is 32.2. The second-order valence-corrected chi connectivity index (χ2v) is 9.50. The minimum absolute atomic E-state index is 0.144. The number of aryl methyl sites for hydroxylation is 1. The number of nitrogens with zero attached hydrogens (tertiary/aromatic N) is 3. The molecule has 0 spiro atoms. The first-order valence-corrected chi connectivity index (χ1v) is 11.1. The van der Waals surface area contributed by atoms with E-state index in [1.54, 1.807) is 4.90 Å². The Hall–Kier alpha value is -1.64. The van der Waals surface area contributed by atoms with Crippen LogP contribution in [0.2, 0.25) is 0 Å². The standard InChI is InChI=1S/C19H27N5OS2/c1-5-23-9-11-24(12-10-23)17(25)15(4)26-19-22-21-18(27-19)20-16-8-6-7-13(2)14(16)3/h6-8,15H,5,9-12H2,1-4H3,(H,20,21)/p+1/t15-/m0/s1. The summed E-state index contributed by atoms with van der Waals surface area (Å²) in [7, 11) is 0. The fourth-order valence-electron chi connectivity index (χ4n) is 3.17. The summed E-state index contributed by atoms with van der Waals surface area (Å²) in [5, 5.41) is 12.4. The van der Waals surface area contributed by atoms with E-state index in [2.05, 4.69) is 42.4 Å². The maximum atomic E-state index is 12.7. The zero-order valence-electron chi connectivity index (χ0n) is 16.4. The number of aromatic nitrogens is 2. The van der Waals surface area contributed by atoms with Crippen molar-refractivity contribution in [3.05, 3.63) is 29.3 Å². The molecule has 3 rings (SSSR count). The molecule has 146 valence electrons. The molecule has 0 unspecified atom stereocenters. The van der Waals surface area contributed by atoms with Crippen molar-refractivity contribution in [2.24, 2.45) is 0 Å². The third-order valence-electron chi connectivity index (χ3n) is 5.16. The second kappa shape index (κ2) is 9.03. The van der Waals surface area contributed by atoms with Gasteiger partial charge in [-0.3, -0.25) is 4.79 Å². The summed E-state index contributed by atoms with van der Waals surface area (Å²) in [6.45, 7) is 13.3. The Bertz CT molecular complexity index is 786. The number of thioether (sulfide) groups is 1. The molecular formula is C19H28N5OS2+. The van der Waals surface area contributed by atoms with Gasteiger partial charge >= 0.3 is 0 Å². The molecule has 1 atom stereocenters. The lowest BCUT2D eigenvalue weighted by molar-refractivity contribution is -0.902. The molecule has 2 heterocycles. The highest BCUT2D eigenvalue weighted by molar-refractivity contribution is 8.02. The molecule has 1 aromatic heterocycles. The average molecular weight is 407 g/mol. The van der Waals surface area contributed by atoms with Crippen molar-refractivity contribution < 1.29 is 9.69 Å². The summed E-state index contributed by atoms with van der Waals surface area (Å²) in [4.78, 5) is 16.3. The zero-order valence-corrected chi connectivity index (χ0v) is 18.0. The highest BCUT2D eigenvalue weighted by Gasteiger charge is 2.27. The molecular weight excluding hydrogens is 378 g/mol. The molecule has 6 nitrogen and oxygen atoms in total. The van der Waals surface area contributed by atoms with Crippen molar-refractivity contribution in [2.45, 2.75) is 37.3 Å². The van der Waals surface area contributed by atoms with Crippen LogP contribution in [0.5, 0.6) is 0 Å². The van der Waals surface area contributed by atoms with Crippen LogP contribution in [0.4, 0.5) is 10.8 Å². The number of hydrogen-bond acceptors (Lipinski definition) is 6. The van der Waals surface area contributed by atoms with E-state index in [-0.39, 0.29) is 11.2 Å². The first-order valence-electron chi connectivity index (χ1n) is 9.43. The molecule has 2 aromatic rings. The van der Waals surface area contributed by atoms with Crippen molar-refractivity contribution in [1.82, 2.24) is 15.1 Å². The lowest BCUT2D eigenvalue weighted by Crippen LogP contribution is -3.14. The van der Waals surface area contributed by atoms with E-state index in [0.717, 1.165) is 47.9 Å². The number of hydrogen-bond donors (Lipinski definition) is 2. The van der Waals surface area contributed by atoms with Gasteiger partial charge in [0.15, 0.2) is 4.34 Å². The van der Waals surface area contributed by atoms with Crippen LogP contribution in [0.25, 0.3) is 0 Å². The lowest BCUT2D eigenvalue weighted by atomic mass is 10.1. The van der Waals surface area contributed by atoms with Crippen molar-refractivity contribution in [2.75, 3.05) is 38.0 Å². The van der Waals surface area contributed by atoms with Crippen molar-refractivity contribution in [1.29, 1.82) is 0 Å². The second-order valence-electron chi connectivity index (χ2n) is 6.93. The van der Waals surface area contributed by atoms with E-state index >= 15 is 0 Å². The van der Waals surface area contributed by atoms with Crippen LogP contribution in [0.15, 0.2) is 22.5 Å². The van der Waals surface area contributed by atoms with Gasteiger partial charge in [-0.2, -0.15) is 0 Å². The normalized spacial score (nSPS) is 16.4. The van der Waals surface area contributed by atoms with E-state index in [0.29, 0.717) is 0 Å². The number of anilines is 2. The van der Waals surface area contributed by atoms with Gasteiger partial charge < -0.3 is 15.1 Å². The van der Waals surface area contributed by atoms with Gasteiger partial charge in [0.1, 0.15) is 0 Å². The molecule has 0 bridgehead atoms.